The van der Waals surface area contributed by atoms with Gasteiger partial charge in [-0.1, -0.05) is 34.1 Å². The Bertz CT molecular complexity index is 170. The summed E-state index contributed by atoms with van der Waals surface area (Å²) < 4.78 is 4.82. The van der Waals surface area contributed by atoms with Gasteiger partial charge in [-0.15, -0.1) is 0 Å². The highest BCUT2D eigenvalue weighted by Gasteiger charge is 2.11. The van der Waals surface area contributed by atoms with Gasteiger partial charge in [-0.25, -0.2) is 4.89 Å². The van der Waals surface area contributed by atoms with Crippen molar-refractivity contribution in [3.05, 3.63) is 0 Å². The first-order valence-corrected chi connectivity index (χ1v) is 5.52. The van der Waals surface area contributed by atoms with E-state index in [-0.39, 0.29) is 18.7 Å². The lowest BCUT2D eigenvalue weighted by molar-refractivity contribution is -0.335. The highest BCUT2D eigenvalue weighted by atomic mass is 17.2. The highest BCUT2D eigenvalue weighted by Crippen LogP contribution is 2.04. The fourth-order valence-electron chi connectivity index (χ4n) is 0.707. The normalized spacial score (nSPS) is 14.7. The van der Waals surface area contributed by atoms with Crippen LogP contribution in [0.1, 0.15) is 40.5 Å². The van der Waals surface area contributed by atoms with E-state index in [0.717, 1.165) is 12.8 Å². The van der Waals surface area contributed by atoms with Gasteiger partial charge in [0.15, 0.2) is 0 Å². The van der Waals surface area contributed by atoms with Crippen molar-refractivity contribution < 1.29 is 19.3 Å². The number of hydrogen-bond donors (Lipinski definition) is 0. The third kappa shape index (κ3) is 7.33. The second-order valence-corrected chi connectivity index (χ2v) is 3.81. The average Bonchev–Trinajstić information content (AvgIpc) is 2.26. The zero-order valence-electron chi connectivity index (χ0n) is 10.1. The standard InChI is InChI=1S/C11H22O4/c1-5-9(3)7-14-15-8-13-11(12)10(4)6-2/h9-10H,5-8H2,1-4H3. The number of esters is 1. The topological polar surface area (TPSA) is 44.8 Å². The van der Waals surface area contributed by atoms with E-state index in [1.54, 1.807) is 0 Å². The molecule has 0 aromatic carbocycles. The molecule has 15 heavy (non-hydrogen) atoms. The van der Waals surface area contributed by atoms with Crippen molar-refractivity contribution in [1.82, 2.24) is 0 Å². The quantitative estimate of drug-likeness (QED) is 0.206. The predicted octanol–water partition coefficient (Wildman–Crippen LogP) is 2.53. The van der Waals surface area contributed by atoms with Gasteiger partial charge in [0.05, 0.1) is 12.5 Å². The van der Waals surface area contributed by atoms with E-state index in [1.165, 1.54) is 0 Å². The Morgan fingerprint density at radius 1 is 1.13 bits per heavy atom. The molecule has 4 nitrogen and oxygen atoms in total. The monoisotopic (exact) mass is 218 g/mol. The molecular formula is C11H22O4. The molecule has 0 aromatic heterocycles. The summed E-state index contributed by atoms with van der Waals surface area (Å²) in [7, 11) is 0. The summed E-state index contributed by atoms with van der Waals surface area (Å²) in [5, 5.41) is 0. The van der Waals surface area contributed by atoms with Crippen LogP contribution in [-0.2, 0) is 19.3 Å². The van der Waals surface area contributed by atoms with Crippen LogP contribution in [0.4, 0.5) is 0 Å². The van der Waals surface area contributed by atoms with Crippen molar-refractivity contribution in [1.29, 1.82) is 0 Å². The van der Waals surface area contributed by atoms with Crippen LogP contribution in [0.15, 0.2) is 0 Å². The number of ether oxygens (including phenoxy) is 1. The van der Waals surface area contributed by atoms with Crippen LogP contribution in [0, 0.1) is 11.8 Å². The van der Waals surface area contributed by atoms with Crippen molar-refractivity contribution >= 4 is 5.97 Å². The molecule has 0 radical (unpaired) electrons. The summed E-state index contributed by atoms with van der Waals surface area (Å²) in [5.41, 5.74) is 0. The number of carbonyl (C=O) groups is 1. The Hall–Kier alpha value is -0.610. The van der Waals surface area contributed by atoms with Crippen LogP contribution in [0.2, 0.25) is 0 Å². The van der Waals surface area contributed by atoms with Gasteiger partial charge in [0, 0.05) is 0 Å². The molecule has 0 spiro atoms. The van der Waals surface area contributed by atoms with Gasteiger partial charge in [0.25, 0.3) is 0 Å². The lowest BCUT2D eigenvalue weighted by atomic mass is 10.1. The van der Waals surface area contributed by atoms with E-state index >= 15 is 0 Å². The Labute approximate surface area is 91.8 Å². The molecule has 0 fully saturated rings. The van der Waals surface area contributed by atoms with E-state index in [1.807, 2.05) is 13.8 Å². The fraction of sp³-hybridized carbons (Fsp3) is 0.909. The number of carbonyl (C=O) groups excluding carboxylic acids is 1. The molecule has 4 heteroatoms. The molecule has 2 unspecified atom stereocenters. The van der Waals surface area contributed by atoms with Crippen molar-refractivity contribution in [2.45, 2.75) is 40.5 Å². The minimum Gasteiger partial charge on any atom is -0.435 e. The summed E-state index contributed by atoms with van der Waals surface area (Å²) in [5.74, 6) is 0.128. The molecule has 90 valence electrons. The molecule has 0 amide bonds. The van der Waals surface area contributed by atoms with Crippen LogP contribution in [0.5, 0.6) is 0 Å². The van der Waals surface area contributed by atoms with Gasteiger partial charge in [0.2, 0.25) is 6.79 Å². The Morgan fingerprint density at radius 2 is 1.80 bits per heavy atom. The van der Waals surface area contributed by atoms with Crippen molar-refractivity contribution in [3.8, 4) is 0 Å². The summed E-state index contributed by atoms with van der Waals surface area (Å²) in [6.45, 7) is 8.30. The molecule has 0 aromatic rings. The van der Waals surface area contributed by atoms with Crippen LogP contribution >= 0.6 is 0 Å². The summed E-state index contributed by atoms with van der Waals surface area (Å²) in [6.07, 6.45) is 1.81. The van der Waals surface area contributed by atoms with E-state index < -0.39 is 0 Å². The second kappa shape index (κ2) is 8.68. The van der Waals surface area contributed by atoms with Gasteiger partial charge in [-0.3, -0.25) is 4.79 Å². The smallest absolute Gasteiger partial charge is 0.310 e. The van der Waals surface area contributed by atoms with Gasteiger partial charge in [-0.05, 0) is 12.3 Å². The van der Waals surface area contributed by atoms with Gasteiger partial charge < -0.3 is 4.74 Å². The molecule has 0 aliphatic carbocycles. The molecule has 0 bridgehead atoms. The third-order valence-corrected chi connectivity index (χ3v) is 2.40. The third-order valence-electron chi connectivity index (χ3n) is 2.40. The molecule has 0 rings (SSSR count). The van der Waals surface area contributed by atoms with Gasteiger partial charge in [-0.2, -0.15) is 4.89 Å². The summed E-state index contributed by atoms with van der Waals surface area (Å²) in [6, 6.07) is 0. The molecule has 0 saturated carbocycles. The average molecular weight is 218 g/mol. The molecule has 2 atom stereocenters. The van der Waals surface area contributed by atoms with Crippen molar-refractivity contribution in [2.24, 2.45) is 11.8 Å². The minimum atomic E-state index is -0.246. The first kappa shape index (κ1) is 14.4. The Morgan fingerprint density at radius 3 is 2.33 bits per heavy atom. The Kier molecular flexibility index (Phi) is 8.33. The lowest BCUT2D eigenvalue weighted by Crippen LogP contribution is -2.16. The predicted molar refractivity (Wildman–Crippen MR) is 56.9 cm³/mol. The Balaban J connectivity index is 3.35. The van der Waals surface area contributed by atoms with Gasteiger partial charge in [0.1, 0.15) is 0 Å². The van der Waals surface area contributed by atoms with E-state index in [4.69, 9.17) is 14.5 Å². The van der Waals surface area contributed by atoms with Crippen LogP contribution in [0.25, 0.3) is 0 Å². The zero-order valence-corrected chi connectivity index (χ0v) is 10.1. The van der Waals surface area contributed by atoms with Crippen molar-refractivity contribution in [3.63, 3.8) is 0 Å². The molecule has 0 N–H and O–H groups in total. The van der Waals surface area contributed by atoms with E-state index in [0.29, 0.717) is 12.5 Å². The van der Waals surface area contributed by atoms with Crippen molar-refractivity contribution in [2.75, 3.05) is 13.4 Å². The van der Waals surface area contributed by atoms with E-state index in [2.05, 4.69) is 13.8 Å². The zero-order chi connectivity index (χ0) is 11.7. The van der Waals surface area contributed by atoms with Crippen LogP contribution in [-0.4, -0.2) is 19.4 Å². The van der Waals surface area contributed by atoms with E-state index in [9.17, 15) is 4.79 Å². The maximum Gasteiger partial charge on any atom is 0.310 e. The number of hydrogen-bond acceptors (Lipinski definition) is 4. The van der Waals surface area contributed by atoms with Crippen LogP contribution < -0.4 is 0 Å². The first-order valence-electron chi connectivity index (χ1n) is 5.52. The highest BCUT2D eigenvalue weighted by molar-refractivity contribution is 5.71. The maximum absolute atomic E-state index is 11.2. The second-order valence-electron chi connectivity index (χ2n) is 3.81. The fourth-order valence-corrected chi connectivity index (χ4v) is 0.707. The number of rotatable bonds is 8. The molecule has 0 saturated heterocycles. The molecule has 0 heterocycles. The largest absolute Gasteiger partial charge is 0.435 e. The molecular weight excluding hydrogens is 196 g/mol. The first-order chi connectivity index (χ1) is 7.11. The SMILES string of the molecule is CCC(C)COOCOC(=O)C(C)CC. The molecule has 0 aliphatic heterocycles. The summed E-state index contributed by atoms with van der Waals surface area (Å²) in [4.78, 5) is 20.8. The van der Waals surface area contributed by atoms with Gasteiger partial charge >= 0.3 is 5.97 Å². The molecule has 0 aliphatic rings. The maximum atomic E-state index is 11.2. The summed E-state index contributed by atoms with van der Waals surface area (Å²) >= 11 is 0. The lowest BCUT2D eigenvalue weighted by Gasteiger charge is -2.10. The van der Waals surface area contributed by atoms with Crippen LogP contribution in [0.3, 0.4) is 0 Å². The minimum absolute atomic E-state index is 0.0804.